The lowest BCUT2D eigenvalue weighted by Gasteiger charge is -2.30. The maximum absolute atomic E-state index is 12.4. The van der Waals surface area contributed by atoms with E-state index >= 15 is 0 Å². The normalized spacial score (nSPS) is 15.5. The van der Waals surface area contributed by atoms with Gasteiger partial charge in [0.05, 0.1) is 6.04 Å². The maximum atomic E-state index is 12.4. The van der Waals surface area contributed by atoms with Gasteiger partial charge in [-0.25, -0.2) is 0 Å². The molecule has 1 rings (SSSR count). The average Bonchev–Trinajstić information content (AvgIpc) is 2.30. The van der Waals surface area contributed by atoms with Gasteiger partial charge >= 0.3 is 0 Å². The lowest BCUT2D eigenvalue weighted by molar-refractivity contribution is 0.452. The zero-order valence-corrected chi connectivity index (χ0v) is 15.1. The van der Waals surface area contributed by atoms with Crippen LogP contribution in [0.25, 0.3) is 0 Å². The number of aryl methyl sites for hydroxylation is 2. The fraction of sp³-hybridized carbons (Fsp3) is 0.625. The molecule has 0 amide bonds. The van der Waals surface area contributed by atoms with Crippen molar-refractivity contribution in [2.75, 3.05) is 0 Å². The molecule has 0 radical (unpaired) electrons. The summed E-state index contributed by atoms with van der Waals surface area (Å²) in [4.78, 5) is 0. The Labute approximate surface area is 131 Å². The average molecular weight is 316 g/mol. The Bertz CT molecular complexity index is 445. The van der Waals surface area contributed by atoms with Crippen molar-refractivity contribution < 1.29 is 4.55 Å². The number of halogens is 1. The molecule has 114 valence electrons. The van der Waals surface area contributed by atoms with E-state index in [0.29, 0.717) is 5.92 Å². The molecule has 0 aliphatic heterocycles. The topological polar surface area (TPSA) is 35.1 Å². The minimum absolute atomic E-state index is 0.0599. The van der Waals surface area contributed by atoms with E-state index in [4.69, 9.17) is 11.6 Å². The summed E-state index contributed by atoms with van der Waals surface area (Å²) in [5.41, 5.74) is 3.28. The zero-order chi connectivity index (χ0) is 15.7. The van der Waals surface area contributed by atoms with Crippen molar-refractivity contribution >= 4 is 23.0 Å². The van der Waals surface area contributed by atoms with Crippen molar-refractivity contribution in [1.29, 1.82) is 0 Å². The first kappa shape index (κ1) is 17.8. The van der Waals surface area contributed by atoms with Crippen LogP contribution in [0.3, 0.4) is 0 Å². The monoisotopic (exact) mass is 315 g/mol. The Morgan fingerprint density at radius 1 is 1.15 bits per heavy atom. The molecule has 1 aromatic rings. The number of nitrogens with one attached hydrogen (secondary N) is 1. The Hall–Kier alpha value is -0.220. The molecule has 0 saturated carbocycles. The first-order valence-corrected chi connectivity index (χ1v) is 8.51. The Morgan fingerprint density at radius 3 is 1.95 bits per heavy atom. The van der Waals surface area contributed by atoms with Gasteiger partial charge in [-0.2, -0.15) is 0 Å². The highest BCUT2D eigenvalue weighted by Gasteiger charge is 2.31. The van der Waals surface area contributed by atoms with Gasteiger partial charge < -0.3 is 4.55 Å². The van der Waals surface area contributed by atoms with E-state index in [9.17, 15) is 4.55 Å². The van der Waals surface area contributed by atoms with Crippen LogP contribution in [0.2, 0.25) is 5.02 Å². The van der Waals surface area contributed by atoms with E-state index in [1.54, 1.807) is 0 Å². The highest BCUT2D eigenvalue weighted by atomic mass is 35.5. The number of hydrogen-bond acceptors (Lipinski definition) is 2. The number of rotatable bonds is 4. The van der Waals surface area contributed by atoms with Crippen LogP contribution in [0, 0.1) is 19.8 Å². The van der Waals surface area contributed by atoms with Crippen LogP contribution in [-0.4, -0.2) is 9.30 Å². The van der Waals surface area contributed by atoms with Crippen molar-refractivity contribution in [3.63, 3.8) is 0 Å². The Morgan fingerprint density at radius 2 is 1.60 bits per heavy atom. The summed E-state index contributed by atoms with van der Waals surface area (Å²) in [6.07, 6.45) is 0. The molecule has 0 fully saturated rings. The van der Waals surface area contributed by atoms with Crippen molar-refractivity contribution in [2.45, 2.75) is 59.3 Å². The van der Waals surface area contributed by atoms with E-state index in [0.717, 1.165) is 21.7 Å². The molecule has 20 heavy (non-hydrogen) atoms. The first-order chi connectivity index (χ1) is 9.04. The summed E-state index contributed by atoms with van der Waals surface area (Å²) in [7, 11) is 0. The second-order valence-corrected chi connectivity index (χ2v) is 9.07. The second-order valence-electron chi connectivity index (χ2n) is 6.69. The first-order valence-electron chi connectivity index (χ1n) is 6.98. The smallest absolute Gasteiger partial charge is 0.136 e. The van der Waals surface area contributed by atoms with Crippen LogP contribution >= 0.6 is 11.6 Å². The van der Waals surface area contributed by atoms with Gasteiger partial charge in [0, 0.05) is 16.4 Å². The number of hydrogen-bond donors (Lipinski definition) is 1. The molecule has 0 aliphatic rings. The lowest BCUT2D eigenvalue weighted by Crippen LogP contribution is -2.42. The predicted molar refractivity (Wildman–Crippen MR) is 89.5 cm³/mol. The summed E-state index contributed by atoms with van der Waals surface area (Å²) < 4.78 is 15.4. The Balaban J connectivity index is 3.09. The van der Waals surface area contributed by atoms with E-state index in [-0.39, 0.29) is 10.8 Å². The van der Waals surface area contributed by atoms with Crippen molar-refractivity contribution in [3.05, 3.63) is 33.8 Å². The molecule has 0 bridgehead atoms. The highest BCUT2D eigenvalue weighted by Crippen LogP contribution is 2.30. The van der Waals surface area contributed by atoms with E-state index < -0.39 is 11.4 Å². The van der Waals surface area contributed by atoms with Crippen LogP contribution < -0.4 is 4.72 Å². The lowest BCUT2D eigenvalue weighted by atomic mass is 9.94. The molecule has 2 atom stereocenters. The second kappa shape index (κ2) is 6.69. The summed E-state index contributed by atoms with van der Waals surface area (Å²) >= 11 is 5.14. The van der Waals surface area contributed by atoms with Gasteiger partial charge in [-0.1, -0.05) is 37.6 Å². The van der Waals surface area contributed by atoms with Gasteiger partial charge in [0.15, 0.2) is 0 Å². The highest BCUT2D eigenvalue weighted by molar-refractivity contribution is 7.90. The van der Waals surface area contributed by atoms with Crippen LogP contribution in [0.15, 0.2) is 12.1 Å². The van der Waals surface area contributed by atoms with Gasteiger partial charge in [-0.15, -0.1) is 4.72 Å². The minimum atomic E-state index is -1.09. The standard InChI is InChI=1S/C16H26ClNOS/c1-10(2)15(18-20(19)16(5,6)7)13-8-11(3)14(17)12(4)9-13/h8-10,15,18H,1-7H3/t15-,20-/m1/s1. The van der Waals surface area contributed by atoms with Gasteiger partial charge in [-0.05, 0) is 57.2 Å². The molecule has 0 aliphatic carbocycles. The van der Waals surface area contributed by atoms with Gasteiger partial charge in [-0.3, -0.25) is 0 Å². The van der Waals surface area contributed by atoms with E-state index in [1.807, 2.05) is 34.6 Å². The van der Waals surface area contributed by atoms with Gasteiger partial charge in [0.1, 0.15) is 4.75 Å². The molecule has 1 aromatic carbocycles. The van der Waals surface area contributed by atoms with Crippen LogP contribution in [0.1, 0.15) is 57.4 Å². The molecule has 4 heteroatoms. The molecule has 1 N–H and O–H groups in total. The van der Waals surface area contributed by atoms with Crippen LogP contribution in [0.4, 0.5) is 0 Å². The largest absolute Gasteiger partial charge is 0.598 e. The molecule has 2 nitrogen and oxygen atoms in total. The maximum Gasteiger partial charge on any atom is 0.136 e. The zero-order valence-electron chi connectivity index (χ0n) is 13.5. The fourth-order valence-electron chi connectivity index (χ4n) is 2.04. The van der Waals surface area contributed by atoms with Gasteiger partial charge in [0.2, 0.25) is 0 Å². The van der Waals surface area contributed by atoms with Crippen molar-refractivity contribution in [3.8, 4) is 0 Å². The summed E-state index contributed by atoms with van der Waals surface area (Å²) in [6.45, 7) is 14.2. The van der Waals surface area contributed by atoms with Crippen LogP contribution in [0.5, 0.6) is 0 Å². The third-order valence-electron chi connectivity index (χ3n) is 3.27. The number of benzene rings is 1. The molecule has 0 saturated heterocycles. The fourth-order valence-corrected chi connectivity index (χ4v) is 3.14. The Kier molecular flexibility index (Phi) is 5.97. The molecule has 0 aromatic heterocycles. The molecule has 0 spiro atoms. The van der Waals surface area contributed by atoms with Crippen LogP contribution in [-0.2, 0) is 11.4 Å². The third-order valence-corrected chi connectivity index (χ3v) is 5.45. The molecular weight excluding hydrogens is 290 g/mol. The molecular formula is C16H26ClNOS. The van der Waals surface area contributed by atoms with E-state index in [1.165, 1.54) is 0 Å². The predicted octanol–water partition coefficient (Wildman–Crippen LogP) is 4.71. The SMILES string of the molecule is Cc1cc([C@H](N[S@+]([O-])C(C)(C)C)C(C)C)cc(C)c1Cl. The molecule has 0 unspecified atom stereocenters. The third kappa shape index (κ3) is 4.39. The quantitative estimate of drug-likeness (QED) is 0.817. The van der Waals surface area contributed by atoms with E-state index in [2.05, 4.69) is 30.7 Å². The minimum Gasteiger partial charge on any atom is -0.598 e. The summed E-state index contributed by atoms with van der Waals surface area (Å²) in [5.74, 6) is 0.348. The van der Waals surface area contributed by atoms with Crippen molar-refractivity contribution in [2.24, 2.45) is 5.92 Å². The summed E-state index contributed by atoms with van der Waals surface area (Å²) in [5, 5.41) is 0.813. The molecule has 0 heterocycles. The van der Waals surface area contributed by atoms with Crippen molar-refractivity contribution in [1.82, 2.24) is 4.72 Å². The summed E-state index contributed by atoms with van der Waals surface area (Å²) in [6, 6.07) is 4.24. The van der Waals surface area contributed by atoms with Gasteiger partial charge in [0.25, 0.3) is 0 Å².